The highest BCUT2D eigenvalue weighted by Crippen LogP contribution is 2.24. The maximum atomic E-state index is 5.52. The van der Waals surface area contributed by atoms with E-state index in [1.54, 1.807) is 14.2 Å². The molecule has 0 aliphatic rings. The summed E-state index contributed by atoms with van der Waals surface area (Å²) in [7, 11) is 3.42. The Labute approximate surface area is 106 Å². The highest BCUT2D eigenvalue weighted by molar-refractivity contribution is 4.75. The van der Waals surface area contributed by atoms with Crippen molar-refractivity contribution in [2.24, 2.45) is 5.41 Å². The van der Waals surface area contributed by atoms with E-state index >= 15 is 0 Å². The average molecular weight is 247 g/mol. The van der Waals surface area contributed by atoms with Gasteiger partial charge in [0.1, 0.15) is 0 Å². The van der Waals surface area contributed by atoms with Crippen molar-refractivity contribution in [3.63, 3.8) is 0 Å². The van der Waals surface area contributed by atoms with Gasteiger partial charge in [0.15, 0.2) is 0 Å². The lowest BCUT2D eigenvalue weighted by atomic mass is 9.84. The molecule has 0 aliphatic heterocycles. The van der Waals surface area contributed by atoms with Crippen molar-refractivity contribution in [2.75, 3.05) is 53.7 Å². The Bertz CT molecular complexity index is 167. The van der Waals surface area contributed by atoms with Crippen molar-refractivity contribution in [1.82, 2.24) is 5.32 Å². The van der Waals surface area contributed by atoms with Gasteiger partial charge in [0, 0.05) is 33.9 Å². The fraction of sp³-hybridized carbons (Fsp3) is 1.00. The second kappa shape index (κ2) is 11.0. The van der Waals surface area contributed by atoms with Crippen LogP contribution in [0.4, 0.5) is 0 Å². The summed E-state index contributed by atoms with van der Waals surface area (Å²) in [6.07, 6.45) is 2.23. The molecule has 4 nitrogen and oxygen atoms in total. The number of ether oxygens (including phenoxy) is 3. The summed E-state index contributed by atoms with van der Waals surface area (Å²) in [5.41, 5.74) is 0.306. The molecule has 104 valence electrons. The molecule has 0 amide bonds. The van der Waals surface area contributed by atoms with Gasteiger partial charge in [0.25, 0.3) is 0 Å². The Morgan fingerprint density at radius 1 is 1.00 bits per heavy atom. The van der Waals surface area contributed by atoms with Crippen molar-refractivity contribution in [1.29, 1.82) is 0 Å². The lowest BCUT2D eigenvalue weighted by Crippen LogP contribution is -2.34. The van der Waals surface area contributed by atoms with Gasteiger partial charge in [-0.1, -0.05) is 13.8 Å². The maximum Gasteiger partial charge on any atom is 0.0700 e. The predicted octanol–water partition coefficient (Wildman–Crippen LogP) is 1.69. The number of hydrogen-bond donors (Lipinski definition) is 1. The summed E-state index contributed by atoms with van der Waals surface area (Å²) in [5, 5.41) is 3.42. The molecule has 0 saturated heterocycles. The van der Waals surface area contributed by atoms with E-state index in [2.05, 4.69) is 19.2 Å². The van der Waals surface area contributed by atoms with Crippen molar-refractivity contribution in [2.45, 2.75) is 26.7 Å². The van der Waals surface area contributed by atoms with Gasteiger partial charge >= 0.3 is 0 Å². The maximum absolute atomic E-state index is 5.52. The summed E-state index contributed by atoms with van der Waals surface area (Å²) in [5.74, 6) is 0. The molecule has 0 bridgehead atoms. The molecule has 0 saturated carbocycles. The number of hydrogen-bond acceptors (Lipinski definition) is 4. The third-order valence-corrected chi connectivity index (χ3v) is 3.17. The first-order valence-electron chi connectivity index (χ1n) is 6.45. The molecule has 4 heteroatoms. The van der Waals surface area contributed by atoms with E-state index < -0.39 is 0 Å². The van der Waals surface area contributed by atoms with Gasteiger partial charge in [0.2, 0.25) is 0 Å². The Hall–Kier alpha value is -0.160. The number of nitrogens with one attached hydrogen (secondary N) is 1. The number of rotatable bonds is 12. The van der Waals surface area contributed by atoms with Crippen molar-refractivity contribution in [3.8, 4) is 0 Å². The minimum atomic E-state index is 0.306. The number of methoxy groups -OCH3 is 2. The van der Waals surface area contributed by atoms with Crippen LogP contribution in [0, 0.1) is 5.41 Å². The molecule has 0 aliphatic carbocycles. The van der Waals surface area contributed by atoms with Gasteiger partial charge in [0.05, 0.1) is 19.8 Å². The second-order valence-electron chi connectivity index (χ2n) is 4.69. The van der Waals surface area contributed by atoms with Crippen LogP contribution < -0.4 is 5.32 Å². The summed E-state index contributed by atoms with van der Waals surface area (Å²) in [4.78, 5) is 0. The molecule has 1 N–H and O–H groups in total. The summed E-state index contributed by atoms with van der Waals surface area (Å²) >= 11 is 0. The zero-order chi connectivity index (χ0) is 13.0. The van der Waals surface area contributed by atoms with E-state index in [9.17, 15) is 0 Å². The van der Waals surface area contributed by atoms with Crippen molar-refractivity contribution >= 4 is 0 Å². The Balaban J connectivity index is 3.61. The van der Waals surface area contributed by atoms with Crippen LogP contribution in [0.2, 0.25) is 0 Å². The molecule has 0 rings (SSSR count). The normalized spacial score (nSPS) is 14.8. The van der Waals surface area contributed by atoms with Gasteiger partial charge in [-0.15, -0.1) is 0 Å². The first-order valence-corrected chi connectivity index (χ1v) is 6.45. The molecule has 1 atom stereocenters. The Kier molecular flexibility index (Phi) is 10.9. The first kappa shape index (κ1) is 16.8. The van der Waals surface area contributed by atoms with Gasteiger partial charge in [-0.25, -0.2) is 0 Å². The summed E-state index contributed by atoms with van der Waals surface area (Å²) in [6.45, 7) is 9.39. The molecule has 0 fully saturated rings. The van der Waals surface area contributed by atoms with E-state index in [0.717, 1.165) is 39.1 Å². The van der Waals surface area contributed by atoms with Crippen LogP contribution in [-0.4, -0.2) is 53.7 Å². The van der Waals surface area contributed by atoms with Gasteiger partial charge in [-0.3, -0.25) is 0 Å². The zero-order valence-electron chi connectivity index (χ0n) is 11.9. The highest BCUT2D eigenvalue weighted by atomic mass is 16.5. The molecule has 17 heavy (non-hydrogen) atoms. The van der Waals surface area contributed by atoms with Crippen LogP contribution in [0.25, 0.3) is 0 Å². The molecule has 0 heterocycles. The molecule has 1 unspecified atom stereocenters. The van der Waals surface area contributed by atoms with E-state index in [1.165, 1.54) is 0 Å². The van der Waals surface area contributed by atoms with Gasteiger partial charge in [-0.2, -0.15) is 0 Å². The van der Waals surface area contributed by atoms with Crippen LogP contribution in [0.5, 0.6) is 0 Å². The molecule has 0 radical (unpaired) electrons. The van der Waals surface area contributed by atoms with E-state index in [0.29, 0.717) is 18.6 Å². The minimum Gasteiger partial charge on any atom is -0.383 e. The van der Waals surface area contributed by atoms with E-state index in [1.807, 2.05) is 0 Å². The molecule has 0 aromatic rings. The van der Waals surface area contributed by atoms with E-state index in [-0.39, 0.29) is 0 Å². The third kappa shape index (κ3) is 9.53. The standard InChI is InChI=1S/C13H29NO3/c1-5-13(2,12-14-7-9-15-3)6-8-17-11-10-16-4/h14H,5-12H2,1-4H3. The molecule has 0 aromatic carbocycles. The minimum absolute atomic E-state index is 0.306. The monoisotopic (exact) mass is 247 g/mol. The zero-order valence-corrected chi connectivity index (χ0v) is 11.9. The Morgan fingerprint density at radius 3 is 2.29 bits per heavy atom. The Morgan fingerprint density at radius 2 is 1.71 bits per heavy atom. The van der Waals surface area contributed by atoms with Gasteiger partial charge < -0.3 is 19.5 Å². The first-order chi connectivity index (χ1) is 8.18. The van der Waals surface area contributed by atoms with Crippen molar-refractivity contribution in [3.05, 3.63) is 0 Å². The van der Waals surface area contributed by atoms with Crippen LogP contribution in [-0.2, 0) is 14.2 Å². The molecular weight excluding hydrogens is 218 g/mol. The second-order valence-corrected chi connectivity index (χ2v) is 4.69. The summed E-state index contributed by atoms with van der Waals surface area (Å²) < 4.78 is 15.5. The molecular formula is C13H29NO3. The fourth-order valence-corrected chi connectivity index (χ4v) is 1.52. The quantitative estimate of drug-likeness (QED) is 0.533. The van der Waals surface area contributed by atoms with E-state index in [4.69, 9.17) is 14.2 Å². The fourth-order valence-electron chi connectivity index (χ4n) is 1.52. The smallest absolute Gasteiger partial charge is 0.0700 e. The van der Waals surface area contributed by atoms with Crippen molar-refractivity contribution < 1.29 is 14.2 Å². The largest absolute Gasteiger partial charge is 0.383 e. The van der Waals surface area contributed by atoms with Crippen LogP contribution in [0.15, 0.2) is 0 Å². The van der Waals surface area contributed by atoms with Crippen LogP contribution in [0.3, 0.4) is 0 Å². The topological polar surface area (TPSA) is 39.7 Å². The SMILES string of the molecule is CCC(C)(CCOCCOC)CNCCOC. The third-order valence-electron chi connectivity index (χ3n) is 3.17. The summed E-state index contributed by atoms with van der Waals surface area (Å²) in [6, 6.07) is 0. The lowest BCUT2D eigenvalue weighted by molar-refractivity contribution is 0.0524. The predicted molar refractivity (Wildman–Crippen MR) is 70.5 cm³/mol. The molecule has 0 aromatic heterocycles. The lowest BCUT2D eigenvalue weighted by Gasteiger charge is -2.28. The average Bonchev–Trinajstić information content (AvgIpc) is 2.34. The van der Waals surface area contributed by atoms with Crippen LogP contribution in [0.1, 0.15) is 26.7 Å². The highest BCUT2D eigenvalue weighted by Gasteiger charge is 2.21. The van der Waals surface area contributed by atoms with Gasteiger partial charge in [-0.05, 0) is 18.3 Å². The molecule has 0 spiro atoms. The van der Waals surface area contributed by atoms with Crippen LogP contribution >= 0.6 is 0 Å².